The zero-order valence-electron chi connectivity index (χ0n) is 11.9. The molecule has 0 atom stereocenters. The Hall–Kier alpha value is -2.86. The van der Waals surface area contributed by atoms with Gasteiger partial charge in [-0.1, -0.05) is 18.2 Å². The summed E-state index contributed by atoms with van der Waals surface area (Å²) in [7, 11) is 0. The third kappa shape index (κ3) is 4.07. The van der Waals surface area contributed by atoms with Gasteiger partial charge in [-0.05, 0) is 30.3 Å². The van der Waals surface area contributed by atoms with Crippen LogP contribution in [0.5, 0.6) is 5.75 Å². The molecule has 2 rings (SSSR count). The largest absolute Gasteiger partial charge is 0.483 e. The van der Waals surface area contributed by atoms with E-state index in [9.17, 15) is 9.59 Å². The molecule has 0 aliphatic carbocycles. The van der Waals surface area contributed by atoms with E-state index >= 15 is 0 Å². The number of carbonyl (C=O) groups excluding carboxylic acids is 2. The summed E-state index contributed by atoms with van der Waals surface area (Å²) in [4.78, 5) is 22.8. The van der Waals surface area contributed by atoms with E-state index in [2.05, 4.69) is 5.32 Å². The van der Waals surface area contributed by atoms with Crippen LogP contribution in [0.2, 0.25) is 0 Å². The standard InChI is InChI=1S/C16H17N3O3/c17-9-12-3-1-2-4-14(12)22-10-15(20)19-13-7-5-11(6-8-13)16(18)21/h1-8H,9-10,17H2,(H2,18,21)(H,19,20). The first-order valence-corrected chi connectivity index (χ1v) is 6.70. The number of carbonyl (C=O) groups is 2. The van der Waals surface area contributed by atoms with Crippen molar-refractivity contribution in [2.24, 2.45) is 11.5 Å². The van der Waals surface area contributed by atoms with Gasteiger partial charge in [0.05, 0.1) is 0 Å². The molecule has 0 aliphatic heterocycles. The predicted octanol–water partition coefficient (Wildman–Crippen LogP) is 1.26. The third-order valence-corrected chi connectivity index (χ3v) is 3.00. The molecule has 5 N–H and O–H groups in total. The number of para-hydroxylation sites is 1. The van der Waals surface area contributed by atoms with Crippen LogP contribution in [0, 0.1) is 0 Å². The van der Waals surface area contributed by atoms with E-state index in [-0.39, 0.29) is 12.5 Å². The van der Waals surface area contributed by atoms with Gasteiger partial charge in [-0.25, -0.2) is 0 Å². The molecule has 0 aromatic heterocycles. The Morgan fingerprint density at radius 2 is 1.73 bits per heavy atom. The van der Waals surface area contributed by atoms with Crippen LogP contribution >= 0.6 is 0 Å². The van der Waals surface area contributed by atoms with Crippen molar-refractivity contribution in [1.82, 2.24) is 0 Å². The van der Waals surface area contributed by atoms with Gasteiger partial charge < -0.3 is 21.5 Å². The van der Waals surface area contributed by atoms with Gasteiger partial charge in [-0.3, -0.25) is 9.59 Å². The molecule has 0 saturated heterocycles. The molecule has 0 bridgehead atoms. The predicted molar refractivity (Wildman–Crippen MR) is 83.4 cm³/mol. The molecule has 114 valence electrons. The number of nitrogens with one attached hydrogen (secondary N) is 1. The fourth-order valence-electron chi connectivity index (χ4n) is 1.87. The zero-order chi connectivity index (χ0) is 15.9. The quantitative estimate of drug-likeness (QED) is 0.746. The van der Waals surface area contributed by atoms with Gasteiger partial charge in [0.1, 0.15) is 5.75 Å². The Morgan fingerprint density at radius 1 is 1.05 bits per heavy atom. The Bertz CT molecular complexity index is 669. The molecule has 0 unspecified atom stereocenters. The normalized spacial score (nSPS) is 10.0. The fraction of sp³-hybridized carbons (Fsp3) is 0.125. The van der Waals surface area contributed by atoms with Gasteiger partial charge in [-0.2, -0.15) is 0 Å². The van der Waals surface area contributed by atoms with Crippen molar-refractivity contribution in [3.8, 4) is 5.75 Å². The first-order chi connectivity index (χ1) is 10.6. The van der Waals surface area contributed by atoms with Crippen molar-refractivity contribution in [3.63, 3.8) is 0 Å². The van der Waals surface area contributed by atoms with Gasteiger partial charge in [0.25, 0.3) is 5.91 Å². The lowest BCUT2D eigenvalue weighted by atomic mass is 10.2. The Labute approximate surface area is 128 Å². The third-order valence-electron chi connectivity index (χ3n) is 3.00. The second-order valence-electron chi connectivity index (χ2n) is 4.59. The molecular formula is C16H17N3O3. The summed E-state index contributed by atoms with van der Waals surface area (Å²) in [5, 5.41) is 2.67. The van der Waals surface area contributed by atoms with Crippen LogP contribution < -0.4 is 21.5 Å². The zero-order valence-corrected chi connectivity index (χ0v) is 11.9. The van der Waals surface area contributed by atoms with E-state index in [0.29, 0.717) is 23.5 Å². The maximum atomic E-state index is 11.8. The maximum absolute atomic E-state index is 11.8. The van der Waals surface area contributed by atoms with Crippen LogP contribution in [0.15, 0.2) is 48.5 Å². The molecule has 6 nitrogen and oxygen atoms in total. The molecule has 0 fully saturated rings. The summed E-state index contributed by atoms with van der Waals surface area (Å²) in [6.07, 6.45) is 0. The molecule has 0 radical (unpaired) electrons. The Kier molecular flexibility index (Phi) is 5.11. The highest BCUT2D eigenvalue weighted by Gasteiger charge is 2.07. The van der Waals surface area contributed by atoms with Crippen LogP contribution in [-0.4, -0.2) is 18.4 Å². The van der Waals surface area contributed by atoms with E-state index in [1.165, 1.54) is 0 Å². The molecular weight excluding hydrogens is 282 g/mol. The summed E-state index contributed by atoms with van der Waals surface area (Å²) in [5.74, 6) is -0.234. The number of rotatable bonds is 6. The fourth-order valence-corrected chi connectivity index (χ4v) is 1.87. The maximum Gasteiger partial charge on any atom is 0.262 e. The first-order valence-electron chi connectivity index (χ1n) is 6.70. The number of nitrogens with two attached hydrogens (primary N) is 2. The van der Waals surface area contributed by atoms with Gasteiger partial charge in [0.2, 0.25) is 5.91 Å². The molecule has 6 heteroatoms. The number of hydrogen-bond donors (Lipinski definition) is 3. The SMILES string of the molecule is NCc1ccccc1OCC(=O)Nc1ccc(C(N)=O)cc1. The van der Waals surface area contributed by atoms with E-state index in [4.69, 9.17) is 16.2 Å². The number of ether oxygens (including phenoxy) is 1. The Balaban J connectivity index is 1.91. The number of primary amides is 1. The molecule has 0 heterocycles. The minimum atomic E-state index is -0.514. The van der Waals surface area contributed by atoms with Gasteiger partial charge in [0.15, 0.2) is 6.61 Å². The number of anilines is 1. The molecule has 2 aromatic rings. The van der Waals surface area contributed by atoms with E-state index in [0.717, 1.165) is 5.56 Å². The lowest BCUT2D eigenvalue weighted by Crippen LogP contribution is -2.21. The summed E-state index contributed by atoms with van der Waals surface area (Å²) in [5.41, 5.74) is 12.5. The monoisotopic (exact) mass is 299 g/mol. The Morgan fingerprint density at radius 3 is 2.36 bits per heavy atom. The summed E-state index contributed by atoms with van der Waals surface area (Å²) in [6, 6.07) is 13.6. The van der Waals surface area contributed by atoms with Gasteiger partial charge in [0, 0.05) is 23.4 Å². The van der Waals surface area contributed by atoms with Crippen LogP contribution in [0.1, 0.15) is 15.9 Å². The van der Waals surface area contributed by atoms with Crippen molar-refractivity contribution in [2.45, 2.75) is 6.54 Å². The molecule has 0 spiro atoms. The van der Waals surface area contributed by atoms with E-state index in [1.807, 2.05) is 18.2 Å². The van der Waals surface area contributed by atoms with Crippen molar-refractivity contribution in [1.29, 1.82) is 0 Å². The van der Waals surface area contributed by atoms with E-state index < -0.39 is 5.91 Å². The highest BCUT2D eigenvalue weighted by atomic mass is 16.5. The number of amides is 2. The highest BCUT2D eigenvalue weighted by molar-refractivity contribution is 5.95. The topological polar surface area (TPSA) is 107 Å². The van der Waals surface area contributed by atoms with Crippen LogP contribution in [0.3, 0.4) is 0 Å². The lowest BCUT2D eigenvalue weighted by molar-refractivity contribution is -0.118. The molecule has 2 aromatic carbocycles. The second-order valence-corrected chi connectivity index (χ2v) is 4.59. The minimum absolute atomic E-state index is 0.130. The number of benzene rings is 2. The van der Waals surface area contributed by atoms with Gasteiger partial charge >= 0.3 is 0 Å². The number of hydrogen-bond acceptors (Lipinski definition) is 4. The first kappa shape index (κ1) is 15.5. The van der Waals surface area contributed by atoms with Crippen LogP contribution in [0.4, 0.5) is 5.69 Å². The molecule has 0 saturated carbocycles. The van der Waals surface area contributed by atoms with E-state index in [1.54, 1.807) is 30.3 Å². The van der Waals surface area contributed by atoms with Crippen molar-refractivity contribution in [2.75, 3.05) is 11.9 Å². The highest BCUT2D eigenvalue weighted by Crippen LogP contribution is 2.17. The summed E-state index contributed by atoms with van der Waals surface area (Å²) in [6.45, 7) is 0.209. The lowest BCUT2D eigenvalue weighted by Gasteiger charge is -2.10. The average molecular weight is 299 g/mol. The minimum Gasteiger partial charge on any atom is -0.483 e. The van der Waals surface area contributed by atoms with Crippen molar-refractivity contribution >= 4 is 17.5 Å². The van der Waals surface area contributed by atoms with Crippen molar-refractivity contribution in [3.05, 3.63) is 59.7 Å². The van der Waals surface area contributed by atoms with Gasteiger partial charge in [-0.15, -0.1) is 0 Å². The summed E-state index contributed by atoms with van der Waals surface area (Å²) >= 11 is 0. The molecule has 0 aliphatic rings. The van der Waals surface area contributed by atoms with Crippen LogP contribution in [-0.2, 0) is 11.3 Å². The smallest absolute Gasteiger partial charge is 0.262 e. The second kappa shape index (κ2) is 7.24. The average Bonchev–Trinajstić information content (AvgIpc) is 2.53. The molecule has 22 heavy (non-hydrogen) atoms. The summed E-state index contributed by atoms with van der Waals surface area (Å²) < 4.78 is 5.46. The van der Waals surface area contributed by atoms with Crippen LogP contribution in [0.25, 0.3) is 0 Å². The van der Waals surface area contributed by atoms with Crippen molar-refractivity contribution < 1.29 is 14.3 Å². The molecule has 2 amide bonds.